The Morgan fingerprint density at radius 1 is 1.57 bits per heavy atom. The van der Waals surface area contributed by atoms with E-state index in [1.165, 1.54) is 0 Å². The minimum Gasteiger partial charge on any atom is -0.338 e. The van der Waals surface area contributed by atoms with Crippen molar-refractivity contribution in [3.63, 3.8) is 0 Å². The quantitative estimate of drug-likeness (QED) is 0.768. The number of carbonyl (C=O) groups is 1. The maximum atomic E-state index is 11.8. The smallest absolute Gasteiger partial charge is 0.222 e. The number of thioether (sulfide) groups is 1. The van der Waals surface area contributed by atoms with Crippen LogP contribution >= 0.6 is 11.8 Å². The number of rotatable bonds is 3. The van der Waals surface area contributed by atoms with Crippen molar-refractivity contribution in [1.29, 1.82) is 0 Å². The molecule has 14 heavy (non-hydrogen) atoms. The molecule has 0 bridgehead atoms. The van der Waals surface area contributed by atoms with Crippen LogP contribution < -0.4 is 5.73 Å². The third-order valence-corrected chi connectivity index (χ3v) is 4.14. The second-order valence-corrected chi connectivity index (χ2v) is 5.28. The van der Waals surface area contributed by atoms with Gasteiger partial charge in [0.2, 0.25) is 5.91 Å². The summed E-state index contributed by atoms with van der Waals surface area (Å²) < 4.78 is 0. The van der Waals surface area contributed by atoms with Gasteiger partial charge in [0, 0.05) is 30.0 Å². The fourth-order valence-corrected chi connectivity index (χ4v) is 2.78. The van der Waals surface area contributed by atoms with Gasteiger partial charge in [0.15, 0.2) is 0 Å². The molecule has 1 amide bonds. The molecule has 2 atom stereocenters. The van der Waals surface area contributed by atoms with Crippen LogP contribution in [-0.2, 0) is 4.79 Å². The third kappa shape index (κ3) is 2.89. The molecule has 2 N–H and O–H groups in total. The van der Waals surface area contributed by atoms with Gasteiger partial charge in [0.25, 0.3) is 0 Å². The summed E-state index contributed by atoms with van der Waals surface area (Å²) in [6, 6.07) is 0.374. The fraction of sp³-hybridized carbons (Fsp3) is 0.900. The normalized spacial score (nSPS) is 27.8. The molecule has 4 heteroatoms. The Morgan fingerprint density at radius 2 is 2.29 bits per heavy atom. The van der Waals surface area contributed by atoms with Gasteiger partial charge in [0.1, 0.15) is 0 Å². The lowest BCUT2D eigenvalue weighted by Gasteiger charge is -2.37. The van der Waals surface area contributed by atoms with E-state index in [-0.39, 0.29) is 5.91 Å². The average molecular weight is 216 g/mol. The zero-order valence-electron chi connectivity index (χ0n) is 9.03. The molecule has 1 saturated heterocycles. The van der Waals surface area contributed by atoms with Crippen LogP contribution in [0.4, 0.5) is 0 Å². The number of nitrogens with two attached hydrogens (primary N) is 1. The highest BCUT2D eigenvalue weighted by Crippen LogP contribution is 2.24. The van der Waals surface area contributed by atoms with Crippen molar-refractivity contribution in [2.75, 3.05) is 18.8 Å². The van der Waals surface area contributed by atoms with E-state index in [1.807, 2.05) is 16.7 Å². The first-order valence-electron chi connectivity index (χ1n) is 5.28. The zero-order chi connectivity index (χ0) is 10.6. The van der Waals surface area contributed by atoms with Crippen molar-refractivity contribution < 1.29 is 4.79 Å². The summed E-state index contributed by atoms with van der Waals surface area (Å²) in [6.45, 7) is 5.84. The van der Waals surface area contributed by atoms with Crippen molar-refractivity contribution in [2.24, 2.45) is 5.73 Å². The van der Waals surface area contributed by atoms with Gasteiger partial charge in [-0.15, -0.1) is 0 Å². The summed E-state index contributed by atoms with van der Waals surface area (Å²) in [6.07, 6.45) is 1.42. The molecule has 0 spiro atoms. The molecule has 0 saturated carbocycles. The number of nitrogens with zero attached hydrogens (tertiary/aromatic N) is 1. The Hall–Kier alpha value is -0.220. The summed E-state index contributed by atoms with van der Waals surface area (Å²) in [5, 5.41) is 0.561. The third-order valence-electron chi connectivity index (χ3n) is 2.80. The van der Waals surface area contributed by atoms with E-state index in [0.29, 0.717) is 24.3 Å². The minimum atomic E-state index is 0.273. The lowest BCUT2D eigenvalue weighted by Crippen LogP contribution is -2.47. The summed E-state index contributed by atoms with van der Waals surface area (Å²) in [7, 11) is 0. The van der Waals surface area contributed by atoms with Crippen LogP contribution in [0.1, 0.15) is 26.7 Å². The summed E-state index contributed by atoms with van der Waals surface area (Å²) in [5.41, 5.74) is 5.39. The summed E-state index contributed by atoms with van der Waals surface area (Å²) in [5.74, 6) is 1.34. The SMILES string of the molecule is C[C@@H]1SCCN(C(=O)CCCN)[C@@H]1C. The highest BCUT2D eigenvalue weighted by Gasteiger charge is 2.27. The van der Waals surface area contributed by atoms with E-state index >= 15 is 0 Å². The molecule has 1 heterocycles. The van der Waals surface area contributed by atoms with Crippen LogP contribution in [0.3, 0.4) is 0 Å². The molecule has 0 aromatic rings. The van der Waals surface area contributed by atoms with E-state index in [2.05, 4.69) is 13.8 Å². The zero-order valence-corrected chi connectivity index (χ0v) is 9.85. The number of hydrogen-bond acceptors (Lipinski definition) is 3. The molecule has 0 aromatic carbocycles. The van der Waals surface area contributed by atoms with Gasteiger partial charge < -0.3 is 10.6 Å². The minimum absolute atomic E-state index is 0.273. The predicted molar refractivity (Wildman–Crippen MR) is 61.4 cm³/mol. The van der Waals surface area contributed by atoms with E-state index in [0.717, 1.165) is 18.7 Å². The van der Waals surface area contributed by atoms with Gasteiger partial charge in [-0.3, -0.25) is 4.79 Å². The largest absolute Gasteiger partial charge is 0.338 e. The molecule has 0 aromatic heterocycles. The molecule has 1 aliphatic heterocycles. The second-order valence-electron chi connectivity index (χ2n) is 3.80. The Morgan fingerprint density at radius 3 is 2.93 bits per heavy atom. The van der Waals surface area contributed by atoms with Gasteiger partial charge in [0.05, 0.1) is 0 Å². The Bertz CT molecular complexity index is 199. The first kappa shape index (κ1) is 11.9. The predicted octanol–water partition coefficient (Wildman–Crippen LogP) is 1.08. The first-order chi connectivity index (χ1) is 6.66. The average Bonchev–Trinajstić information content (AvgIpc) is 2.18. The van der Waals surface area contributed by atoms with E-state index in [1.54, 1.807) is 0 Å². The monoisotopic (exact) mass is 216 g/mol. The molecule has 1 aliphatic rings. The molecule has 0 radical (unpaired) electrons. The van der Waals surface area contributed by atoms with Gasteiger partial charge in [-0.1, -0.05) is 6.92 Å². The molecule has 0 unspecified atom stereocenters. The molecular weight excluding hydrogens is 196 g/mol. The fourth-order valence-electron chi connectivity index (χ4n) is 1.68. The topological polar surface area (TPSA) is 46.3 Å². The van der Waals surface area contributed by atoms with Crippen molar-refractivity contribution in [3.8, 4) is 0 Å². The molecule has 82 valence electrons. The van der Waals surface area contributed by atoms with Crippen LogP contribution in [-0.4, -0.2) is 40.9 Å². The highest BCUT2D eigenvalue weighted by atomic mass is 32.2. The Kier molecular flexibility index (Phi) is 4.75. The van der Waals surface area contributed by atoms with Gasteiger partial charge in [-0.2, -0.15) is 11.8 Å². The maximum Gasteiger partial charge on any atom is 0.222 e. The maximum absolute atomic E-state index is 11.8. The summed E-state index contributed by atoms with van der Waals surface area (Å²) >= 11 is 1.95. The van der Waals surface area contributed by atoms with Crippen LogP contribution in [0, 0.1) is 0 Å². The van der Waals surface area contributed by atoms with Gasteiger partial charge in [-0.05, 0) is 19.9 Å². The molecule has 1 rings (SSSR count). The molecular formula is C10H20N2OS. The molecule has 0 aliphatic carbocycles. The first-order valence-corrected chi connectivity index (χ1v) is 6.33. The van der Waals surface area contributed by atoms with E-state index < -0.39 is 0 Å². The van der Waals surface area contributed by atoms with Crippen LogP contribution in [0.5, 0.6) is 0 Å². The Labute approximate surface area is 90.4 Å². The molecule has 3 nitrogen and oxygen atoms in total. The van der Waals surface area contributed by atoms with Gasteiger partial charge in [-0.25, -0.2) is 0 Å². The Balaban J connectivity index is 2.44. The molecule has 1 fully saturated rings. The van der Waals surface area contributed by atoms with Crippen molar-refractivity contribution in [2.45, 2.75) is 38.0 Å². The van der Waals surface area contributed by atoms with Crippen LogP contribution in [0.25, 0.3) is 0 Å². The van der Waals surface area contributed by atoms with E-state index in [9.17, 15) is 4.79 Å². The second kappa shape index (κ2) is 5.61. The number of hydrogen-bond donors (Lipinski definition) is 1. The number of amides is 1. The standard InChI is InChI=1S/C10H20N2OS/c1-8-9(2)14-7-6-12(8)10(13)4-3-5-11/h8-9H,3-7,11H2,1-2H3/t8-,9+/m1/s1. The van der Waals surface area contributed by atoms with Crippen molar-refractivity contribution >= 4 is 17.7 Å². The van der Waals surface area contributed by atoms with Crippen molar-refractivity contribution in [1.82, 2.24) is 4.90 Å². The van der Waals surface area contributed by atoms with E-state index in [4.69, 9.17) is 5.73 Å². The lowest BCUT2D eigenvalue weighted by atomic mass is 10.1. The van der Waals surface area contributed by atoms with Crippen LogP contribution in [0.2, 0.25) is 0 Å². The van der Waals surface area contributed by atoms with Crippen LogP contribution in [0.15, 0.2) is 0 Å². The van der Waals surface area contributed by atoms with Gasteiger partial charge >= 0.3 is 0 Å². The highest BCUT2D eigenvalue weighted by molar-refractivity contribution is 8.00. The summed E-state index contributed by atoms with van der Waals surface area (Å²) in [4.78, 5) is 13.8. The number of carbonyl (C=O) groups excluding carboxylic acids is 1. The lowest BCUT2D eigenvalue weighted by molar-refractivity contribution is -0.133. The van der Waals surface area contributed by atoms with Crippen molar-refractivity contribution in [3.05, 3.63) is 0 Å².